The molecule has 0 radical (unpaired) electrons. The summed E-state index contributed by atoms with van der Waals surface area (Å²) in [6.45, 7) is 4.73. The average molecular weight is 264 g/mol. The van der Waals surface area contributed by atoms with Gasteiger partial charge in [0, 0.05) is 30.2 Å². The summed E-state index contributed by atoms with van der Waals surface area (Å²) in [7, 11) is 0. The highest BCUT2D eigenvalue weighted by atomic mass is 16.6. The van der Waals surface area contributed by atoms with Gasteiger partial charge in [-0.05, 0) is 32.4 Å². The number of nitrogens with zero attached hydrogens (tertiary/aromatic N) is 1. The number of nitrogens with one attached hydrogen (secondary N) is 1. The second-order valence-electron chi connectivity index (χ2n) is 4.46. The average Bonchev–Trinajstić information content (AvgIpc) is 2.30. The molecule has 0 fully saturated rings. The summed E-state index contributed by atoms with van der Waals surface area (Å²) in [5.41, 5.74) is 1.67. The predicted molar refractivity (Wildman–Crippen MR) is 71.1 cm³/mol. The lowest BCUT2D eigenvalue weighted by atomic mass is 10.1. The molecule has 0 heterocycles. The highest BCUT2D eigenvalue weighted by Gasteiger charge is 2.14. The summed E-state index contributed by atoms with van der Waals surface area (Å²) in [5.74, 6) is -0.321. The van der Waals surface area contributed by atoms with E-state index < -0.39 is 4.92 Å². The van der Waals surface area contributed by atoms with E-state index in [0.717, 1.165) is 0 Å². The van der Waals surface area contributed by atoms with Gasteiger partial charge in [0.15, 0.2) is 0 Å². The van der Waals surface area contributed by atoms with Gasteiger partial charge in [-0.25, -0.2) is 0 Å². The summed E-state index contributed by atoms with van der Waals surface area (Å²) in [4.78, 5) is 32.7. The van der Waals surface area contributed by atoms with Gasteiger partial charge in [-0.15, -0.1) is 0 Å². The number of hydrogen-bond donors (Lipinski definition) is 1. The van der Waals surface area contributed by atoms with Gasteiger partial charge in [-0.1, -0.05) is 0 Å². The number of amides is 1. The second-order valence-corrected chi connectivity index (χ2v) is 4.46. The third-order valence-electron chi connectivity index (χ3n) is 2.72. The van der Waals surface area contributed by atoms with Gasteiger partial charge in [0.25, 0.3) is 5.69 Å². The molecule has 0 saturated heterocycles. The molecule has 0 aliphatic carbocycles. The van der Waals surface area contributed by atoms with Crippen molar-refractivity contribution < 1.29 is 14.5 Å². The molecule has 1 aromatic carbocycles. The molecular weight excluding hydrogens is 248 g/mol. The molecule has 0 aliphatic heterocycles. The normalized spacial score (nSPS) is 10.1. The van der Waals surface area contributed by atoms with Crippen molar-refractivity contribution in [2.75, 3.05) is 5.32 Å². The van der Waals surface area contributed by atoms with E-state index in [2.05, 4.69) is 5.32 Å². The van der Waals surface area contributed by atoms with E-state index >= 15 is 0 Å². The van der Waals surface area contributed by atoms with E-state index in [1.165, 1.54) is 13.0 Å². The molecule has 19 heavy (non-hydrogen) atoms. The van der Waals surface area contributed by atoms with E-state index in [9.17, 15) is 19.7 Å². The molecule has 0 bridgehead atoms. The number of carbonyl (C=O) groups is 2. The molecule has 0 saturated carbocycles. The van der Waals surface area contributed by atoms with Gasteiger partial charge < -0.3 is 10.1 Å². The first-order valence-electron chi connectivity index (χ1n) is 5.86. The smallest absolute Gasteiger partial charge is 0.272 e. The van der Waals surface area contributed by atoms with E-state index in [0.29, 0.717) is 16.8 Å². The molecule has 0 unspecified atom stereocenters. The molecule has 102 valence electrons. The predicted octanol–water partition coefficient (Wildman–Crippen LogP) is 2.52. The topological polar surface area (TPSA) is 89.3 Å². The minimum absolute atomic E-state index is 0.0271. The van der Waals surface area contributed by atoms with Crippen molar-refractivity contribution in [3.8, 4) is 0 Å². The Morgan fingerprint density at radius 2 is 1.84 bits per heavy atom. The lowest BCUT2D eigenvalue weighted by Crippen LogP contribution is -2.13. The molecule has 1 N–H and O–H groups in total. The molecule has 0 aromatic heterocycles. The first kappa shape index (κ1) is 14.8. The first-order chi connectivity index (χ1) is 8.81. The Bertz CT molecular complexity index is 538. The third kappa shape index (κ3) is 4.17. The van der Waals surface area contributed by atoms with Crippen molar-refractivity contribution in [2.24, 2.45) is 0 Å². The molecule has 1 aromatic rings. The maximum atomic E-state index is 11.6. The number of aryl methyl sites for hydroxylation is 2. The number of nitro groups is 1. The maximum absolute atomic E-state index is 11.6. The highest BCUT2D eigenvalue weighted by Crippen LogP contribution is 2.26. The Morgan fingerprint density at radius 3 is 2.37 bits per heavy atom. The third-order valence-corrected chi connectivity index (χ3v) is 2.72. The maximum Gasteiger partial charge on any atom is 0.272 e. The van der Waals surface area contributed by atoms with Crippen LogP contribution >= 0.6 is 0 Å². The number of rotatable bonds is 5. The van der Waals surface area contributed by atoms with Crippen molar-refractivity contribution in [3.63, 3.8) is 0 Å². The van der Waals surface area contributed by atoms with Crippen LogP contribution in [0, 0.1) is 24.0 Å². The Morgan fingerprint density at radius 1 is 1.21 bits per heavy atom. The van der Waals surface area contributed by atoms with Gasteiger partial charge in [0.1, 0.15) is 5.78 Å². The van der Waals surface area contributed by atoms with Crippen LogP contribution in [0.25, 0.3) is 0 Å². The summed E-state index contributed by atoms with van der Waals surface area (Å²) in [6.07, 6.45) is 0.307. The van der Waals surface area contributed by atoms with Crippen LogP contribution in [0.5, 0.6) is 0 Å². The van der Waals surface area contributed by atoms with Crippen LogP contribution in [0.3, 0.4) is 0 Å². The van der Waals surface area contributed by atoms with Crippen LogP contribution in [-0.2, 0) is 9.59 Å². The molecule has 6 heteroatoms. The SMILES string of the molecule is CC(=O)CCC(=O)Nc1cc(C)c([N+](=O)[O-])cc1C. The summed E-state index contributed by atoms with van der Waals surface area (Å²) in [6, 6.07) is 3.00. The highest BCUT2D eigenvalue weighted by molar-refractivity contribution is 5.94. The molecule has 0 aliphatic rings. The summed E-state index contributed by atoms with van der Waals surface area (Å²) >= 11 is 0. The molecule has 0 spiro atoms. The zero-order chi connectivity index (χ0) is 14.6. The van der Waals surface area contributed by atoms with Gasteiger partial charge in [0.2, 0.25) is 5.91 Å². The van der Waals surface area contributed by atoms with Crippen LogP contribution in [0.2, 0.25) is 0 Å². The fourth-order valence-corrected chi connectivity index (χ4v) is 1.63. The molecule has 1 amide bonds. The van der Waals surface area contributed by atoms with Crippen molar-refractivity contribution >= 4 is 23.1 Å². The van der Waals surface area contributed by atoms with Crippen molar-refractivity contribution in [2.45, 2.75) is 33.6 Å². The van der Waals surface area contributed by atoms with Crippen molar-refractivity contribution in [1.82, 2.24) is 0 Å². The Labute approximate surface area is 111 Å². The number of carbonyl (C=O) groups excluding carboxylic acids is 2. The van der Waals surface area contributed by atoms with E-state index in [-0.39, 0.29) is 30.2 Å². The zero-order valence-corrected chi connectivity index (χ0v) is 11.1. The Balaban J connectivity index is 2.85. The van der Waals surface area contributed by atoms with Crippen LogP contribution in [0.1, 0.15) is 30.9 Å². The first-order valence-corrected chi connectivity index (χ1v) is 5.86. The fraction of sp³-hybridized carbons (Fsp3) is 0.385. The lowest BCUT2D eigenvalue weighted by Gasteiger charge is -2.09. The van der Waals surface area contributed by atoms with Gasteiger partial charge in [-0.3, -0.25) is 14.9 Å². The number of anilines is 1. The Hall–Kier alpha value is -2.24. The van der Waals surface area contributed by atoms with Crippen LogP contribution in [-0.4, -0.2) is 16.6 Å². The zero-order valence-electron chi connectivity index (χ0n) is 11.1. The van der Waals surface area contributed by atoms with Gasteiger partial charge in [-0.2, -0.15) is 0 Å². The van der Waals surface area contributed by atoms with E-state index in [1.807, 2.05) is 0 Å². The fourth-order valence-electron chi connectivity index (χ4n) is 1.63. The number of hydrogen-bond acceptors (Lipinski definition) is 4. The van der Waals surface area contributed by atoms with Crippen LogP contribution in [0.15, 0.2) is 12.1 Å². The molecule has 6 nitrogen and oxygen atoms in total. The Kier molecular flexibility index (Phi) is 4.74. The standard InChI is InChI=1S/C13H16N2O4/c1-8-7-12(15(18)19)9(2)6-11(8)14-13(17)5-4-10(3)16/h6-7H,4-5H2,1-3H3,(H,14,17). The van der Waals surface area contributed by atoms with Crippen LogP contribution < -0.4 is 5.32 Å². The lowest BCUT2D eigenvalue weighted by molar-refractivity contribution is -0.385. The quantitative estimate of drug-likeness (QED) is 0.653. The molecular formula is C13H16N2O4. The summed E-state index contributed by atoms with van der Waals surface area (Å²) in [5, 5.41) is 13.4. The minimum atomic E-state index is -0.455. The van der Waals surface area contributed by atoms with E-state index in [4.69, 9.17) is 0 Å². The van der Waals surface area contributed by atoms with Crippen molar-refractivity contribution in [1.29, 1.82) is 0 Å². The number of nitro benzene ring substituents is 1. The largest absolute Gasteiger partial charge is 0.326 e. The molecule has 0 atom stereocenters. The number of ketones is 1. The second kappa shape index (κ2) is 6.08. The monoisotopic (exact) mass is 264 g/mol. The summed E-state index contributed by atoms with van der Waals surface area (Å²) < 4.78 is 0. The number of benzene rings is 1. The van der Waals surface area contributed by atoms with Gasteiger partial charge >= 0.3 is 0 Å². The van der Waals surface area contributed by atoms with E-state index in [1.54, 1.807) is 19.9 Å². The molecule has 1 rings (SSSR count). The minimum Gasteiger partial charge on any atom is -0.326 e. The van der Waals surface area contributed by atoms with Crippen LogP contribution in [0.4, 0.5) is 11.4 Å². The van der Waals surface area contributed by atoms with Crippen molar-refractivity contribution in [3.05, 3.63) is 33.4 Å². The number of Topliss-reactive ketones (excluding diaryl/α,β-unsaturated/α-hetero) is 1. The van der Waals surface area contributed by atoms with Gasteiger partial charge in [0.05, 0.1) is 4.92 Å².